The Bertz CT molecular complexity index is 362. The van der Waals surface area contributed by atoms with E-state index in [-0.39, 0.29) is 11.7 Å². The van der Waals surface area contributed by atoms with E-state index in [4.69, 9.17) is 4.74 Å². The molecule has 5 nitrogen and oxygen atoms in total. The van der Waals surface area contributed by atoms with Crippen molar-refractivity contribution in [2.45, 2.75) is 44.8 Å². The minimum absolute atomic E-state index is 0.173. The fraction of sp³-hybridized carbons (Fsp3) is 0.933. The topological polar surface area (TPSA) is 44.8 Å². The number of carbonyl (C=O) groups is 1. The van der Waals surface area contributed by atoms with E-state index in [1.54, 1.807) is 0 Å². The van der Waals surface area contributed by atoms with Crippen molar-refractivity contribution < 1.29 is 9.53 Å². The van der Waals surface area contributed by atoms with Crippen LogP contribution in [0.3, 0.4) is 0 Å². The molecule has 1 aliphatic carbocycles. The lowest BCUT2D eigenvalue weighted by Crippen LogP contribution is -2.43. The number of ether oxygens (including phenoxy) is 1. The summed E-state index contributed by atoms with van der Waals surface area (Å²) >= 11 is 0. The maximum absolute atomic E-state index is 12.5. The Morgan fingerprint density at radius 1 is 1.30 bits per heavy atom. The van der Waals surface area contributed by atoms with E-state index in [1.807, 2.05) is 0 Å². The van der Waals surface area contributed by atoms with Crippen LogP contribution < -0.4 is 5.32 Å². The second-order valence-corrected chi connectivity index (χ2v) is 6.72. The van der Waals surface area contributed by atoms with Gasteiger partial charge in [0.2, 0.25) is 5.91 Å². The fourth-order valence-electron chi connectivity index (χ4n) is 3.36. The zero-order chi connectivity index (χ0) is 14.2. The lowest BCUT2D eigenvalue weighted by molar-refractivity contribution is -0.131. The Kier molecular flexibility index (Phi) is 4.02. The highest BCUT2D eigenvalue weighted by Gasteiger charge is 2.59. The van der Waals surface area contributed by atoms with E-state index in [1.165, 1.54) is 0 Å². The third kappa shape index (κ3) is 2.71. The Morgan fingerprint density at radius 3 is 2.60 bits per heavy atom. The molecule has 1 N–H and O–H groups in total. The molecule has 5 heteroatoms. The van der Waals surface area contributed by atoms with Crippen LogP contribution in [0.4, 0.5) is 0 Å². The molecular formula is C15H27N3O2. The van der Waals surface area contributed by atoms with E-state index in [0.29, 0.717) is 11.8 Å². The number of rotatable bonds is 5. The molecule has 2 heterocycles. The molecule has 1 amide bonds. The van der Waals surface area contributed by atoms with Gasteiger partial charge in [-0.3, -0.25) is 15.0 Å². The highest BCUT2D eigenvalue weighted by Crippen LogP contribution is 2.43. The van der Waals surface area contributed by atoms with Crippen LogP contribution in [0.5, 0.6) is 0 Å². The van der Waals surface area contributed by atoms with Crippen molar-refractivity contribution in [2.24, 2.45) is 5.92 Å². The Morgan fingerprint density at radius 2 is 2.00 bits per heavy atom. The summed E-state index contributed by atoms with van der Waals surface area (Å²) in [4.78, 5) is 17.1. The summed E-state index contributed by atoms with van der Waals surface area (Å²) in [5.74, 6) is 0.820. The van der Waals surface area contributed by atoms with Crippen molar-refractivity contribution in [3.8, 4) is 0 Å². The van der Waals surface area contributed by atoms with Crippen LogP contribution in [0.2, 0.25) is 0 Å². The molecule has 2 saturated heterocycles. The van der Waals surface area contributed by atoms with Crippen LogP contribution in [-0.2, 0) is 9.53 Å². The molecule has 3 aliphatic rings. The second kappa shape index (κ2) is 5.62. The summed E-state index contributed by atoms with van der Waals surface area (Å²) in [6, 6.07) is 0. The lowest BCUT2D eigenvalue weighted by atomic mass is 10.1. The predicted molar refractivity (Wildman–Crippen MR) is 77.3 cm³/mol. The second-order valence-electron chi connectivity index (χ2n) is 6.72. The van der Waals surface area contributed by atoms with Crippen molar-refractivity contribution >= 4 is 5.91 Å². The summed E-state index contributed by atoms with van der Waals surface area (Å²) in [6.45, 7) is 10.1. The maximum Gasteiger partial charge on any atom is 0.244 e. The van der Waals surface area contributed by atoms with Crippen molar-refractivity contribution in [2.75, 3.05) is 39.4 Å². The average Bonchev–Trinajstić information content (AvgIpc) is 3.17. The molecule has 0 aromatic rings. The van der Waals surface area contributed by atoms with Gasteiger partial charge in [-0.15, -0.1) is 0 Å². The van der Waals surface area contributed by atoms with E-state index in [0.717, 1.165) is 58.7 Å². The molecule has 1 unspecified atom stereocenters. The summed E-state index contributed by atoms with van der Waals surface area (Å²) in [5, 5.41) is 3.57. The van der Waals surface area contributed by atoms with Gasteiger partial charge in [0.25, 0.3) is 0 Å². The number of hydrogen-bond acceptors (Lipinski definition) is 4. The van der Waals surface area contributed by atoms with Gasteiger partial charge >= 0.3 is 0 Å². The third-order valence-electron chi connectivity index (χ3n) is 4.79. The number of amides is 1. The van der Waals surface area contributed by atoms with Crippen LogP contribution in [0, 0.1) is 5.92 Å². The van der Waals surface area contributed by atoms with Gasteiger partial charge in [0.05, 0.1) is 24.9 Å². The van der Waals surface area contributed by atoms with Gasteiger partial charge < -0.3 is 9.64 Å². The van der Waals surface area contributed by atoms with Gasteiger partial charge in [-0.05, 0) is 25.2 Å². The molecule has 20 heavy (non-hydrogen) atoms. The molecule has 2 aliphatic heterocycles. The molecule has 0 bridgehead atoms. The minimum Gasteiger partial charge on any atom is -0.379 e. The lowest BCUT2D eigenvalue weighted by Gasteiger charge is -2.30. The van der Waals surface area contributed by atoms with Gasteiger partial charge in [-0.1, -0.05) is 13.8 Å². The van der Waals surface area contributed by atoms with Crippen LogP contribution >= 0.6 is 0 Å². The molecule has 1 saturated carbocycles. The van der Waals surface area contributed by atoms with Gasteiger partial charge in [-0.25, -0.2) is 0 Å². The molecule has 0 radical (unpaired) electrons. The largest absolute Gasteiger partial charge is 0.379 e. The van der Waals surface area contributed by atoms with Crippen molar-refractivity contribution in [1.82, 2.24) is 15.1 Å². The molecule has 1 spiro atoms. The van der Waals surface area contributed by atoms with Crippen LogP contribution in [-0.4, -0.2) is 66.8 Å². The zero-order valence-electron chi connectivity index (χ0n) is 12.7. The zero-order valence-corrected chi connectivity index (χ0v) is 12.7. The first kappa shape index (κ1) is 14.3. The minimum atomic E-state index is -0.173. The van der Waals surface area contributed by atoms with Gasteiger partial charge in [0, 0.05) is 26.2 Å². The summed E-state index contributed by atoms with van der Waals surface area (Å²) in [5.41, 5.74) is -0.173. The van der Waals surface area contributed by atoms with Gasteiger partial charge in [-0.2, -0.15) is 0 Å². The van der Waals surface area contributed by atoms with Crippen molar-refractivity contribution in [3.63, 3.8) is 0 Å². The number of carbonyl (C=O) groups excluding carboxylic acids is 1. The van der Waals surface area contributed by atoms with Crippen LogP contribution in [0.15, 0.2) is 0 Å². The summed E-state index contributed by atoms with van der Waals surface area (Å²) < 4.78 is 5.36. The highest BCUT2D eigenvalue weighted by molar-refractivity contribution is 5.91. The van der Waals surface area contributed by atoms with E-state index < -0.39 is 0 Å². The molecule has 3 fully saturated rings. The SMILES string of the molecule is CC(C)C1NC2(CC2)C(=O)N1CCCN1CCOCC1. The number of morpholine rings is 1. The maximum atomic E-state index is 12.5. The van der Waals surface area contributed by atoms with Gasteiger partial charge in [0.1, 0.15) is 0 Å². The van der Waals surface area contributed by atoms with E-state index >= 15 is 0 Å². The first-order valence-electron chi connectivity index (χ1n) is 8.01. The highest BCUT2D eigenvalue weighted by atomic mass is 16.5. The number of nitrogens with one attached hydrogen (secondary N) is 1. The number of hydrogen-bond donors (Lipinski definition) is 1. The molecule has 0 aromatic heterocycles. The molecule has 114 valence electrons. The molecule has 0 aromatic carbocycles. The van der Waals surface area contributed by atoms with E-state index in [9.17, 15) is 4.79 Å². The fourth-order valence-corrected chi connectivity index (χ4v) is 3.36. The van der Waals surface area contributed by atoms with Gasteiger partial charge in [0.15, 0.2) is 0 Å². The monoisotopic (exact) mass is 281 g/mol. The quantitative estimate of drug-likeness (QED) is 0.804. The normalized spacial score (nSPS) is 29.6. The predicted octanol–water partition coefficient (Wildman–Crippen LogP) is 0.655. The molecule has 1 atom stereocenters. The van der Waals surface area contributed by atoms with Crippen LogP contribution in [0.1, 0.15) is 33.1 Å². The average molecular weight is 281 g/mol. The Balaban J connectivity index is 1.51. The van der Waals surface area contributed by atoms with Crippen LogP contribution in [0.25, 0.3) is 0 Å². The standard InChI is InChI=1S/C15H27N3O2/c1-12(2)13-16-15(4-5-15)14(19)18(13)7-3-6-17-8-10-20-11-9-17/h12-13,16H,3-11H2,1-2H3. The van der Waals surface area contributed by atoms with Crippen molar-refractivity contribution in [3.05, 3.63) is 0 Å². The summed E-state index contributed by atoms with van der Waals surface area (Å²) in [6.07, 6.45) is 3.34. The first-order chi connectivity index (χ1) is 9.62. The Hall–Kier alpha value is -0.650. The third-order valence-corrected chi connectivity index (χ3v) is 4.79. The number of nitrogens with zero attached hydrogens (tertiary/aromatic N) is 2. The molecular weight excluding hydrogens is 254 g/mol. The van der Waals surface area contributed by atoms with E-state index in [2.05, 4.69) is 29.0 Å². The van der Waals surface area contributed by atoms with Crippen molar-refractivity contribution in [1.29, 1.82) is 0 Å². The first-order valence-corrected chi connectivity index (χ1v) is 8.01. The Labute approximate surface area is 121 Å². The smallest absolute Gasteiger partial charge is 0.244 e. The summed E-state index contributed by atoms with van der Waals surface area (Å²) in [7, 11) is 0. The molecule has 3 rings (SSSR count).